The third kappa shape index (κ3) is 3.21. The van der Waals surface area contributed by atoms with Crippen molar-refractivity contribution >= 4 is 28.1 Å². The summed E-state index contributed by atoms with van der Waals surface area (Å²) in [4.78, 5) is 16.3. The fourth-order valence-corrected chi connectivity index (χ4v) is 3.21. The Bertz CT molecular complexity index is 731. The lowest BCUT2D eigenvalue weighted by Gasteiger charge is -2.16. The van der Waals surface area contributed by atoms with Crippen LogP contribution in [0.4, 0.5) is 0 Å². The Balaban J connectivity index is 1.63. The van der Waals surface area contributed by atoms with Gasteiger partial charge in [-0.1, -0.05) is 24.3 Å². The highest BCUT2D eigenvalue weighted by molar-refractivity contribution is 7.10. The Morgan fingerprint density at radius 1 is 1.32 bits per heavy atom. The molecule has 0 bridgehead atoms. The Morgan fingerprint density at radius 3 is 2.86 bits per heavy atom. The third-order valence-electron chi connectivity index (χ3n) is 3.60. The Hall–Kier alpha value is -2.11. The molecule has 2 aromatic heterocycles. The van der Waals surface area contributed by atoms with E-state index in [0.717, 1.165) is 15.8 Å². The average molecular weight is 314 g/mol. The minimum Gasteiger partial charge on any atom is -0.387 e. The second-order valence-electron chi connectivity index (χ2n) is 5.41. The molecule has 0 aliphatic heterocycles. The number of hydrogen-bond donors (Lipinski definition) is 3. The third-order valence-corrected chi connectivity index (χ3v) is 4.57. The van der Waals surface area contributed by atoms with Crippen LogP contribution in [0.5, 0.6) is 0 Å². The molecule has 0 spiro atoms. The van der Waals surface area contributed by atoms with Crippen molar-refractivity contribution in [2.45, 2.75) is 25.5 Å². The fraction of sp³-hybridized carbons (Fsp3) is 0.235. The summed E-state index contributed by atoms with van der Waals surface area (Å²) in [5.41, 5.74) is 1.48. The number of aromatic nitrogens is 1. The van der Waals surface area contributed by atoms with E-state index in [1.165, 1.54) is 11.3 Å². The molecule has 3 N–H and O–H groups in total. The maximum Gasteiger partial charge on any atom is 0.267 e. The number of aliphatic hydroxyl groups is 1. The molecule has 5 heteroatoms. The number of benzene rings is 1. The lowest BCUT2D eigenvalue weighted by atomic mass is 10.1. The Labute approximate surface area is 132 Å². The van der Waals surface area contributed by atoms with Crippen LogP contribution in [-0.2, 0) is 0 Å². The first-order chi connectivity index (χ1) is 10.6. The monoisotopic (exact) mass is 314 g/mol. The second-order valence-corrected chi connectivity index (χ2v) is 6.39. The van der Waals surface area contributed by atoms with Crippen molar-refractivity contribution in [3.8, 4) is 0 Å². The highest BCUT2D eigenvalue weighted by Gasteiger charge is 2.17. The molecular formula is C17H18N2O2S. The molecule has 2 atom stereocenters. The number of aromatic amines is 1. The van der Waals surface area contributed by atoms with E-state index in [9.17, 15) is 9.90 Å². The van der Waals surface area contributed by atoms with Gasteiger partial charge in [-0.3, -0.25) is 4.79 Å². The summed E-state index contributed by atoms with van der Waals surface area (Å²) in [6.45, 7) is 1.90. The first kappa shape index (κ1) is 14.8. The van der Waals surface area contributed by atoms with Crippen LogP contribution in [0.2, 0.25) is 0 Å². The van der Waals surface area contributed by atoms with Crippen molar-refractivity contribution in [1.29, 1.82) is 0 Å². The SMILES string of the molecule is CC(CC(O)c1cccs1)NC(=O)c1cc2ccccc2[nH]1. The van der Waals surface area contributed by atoms with E-state index in [1.807, 2.05) is 54.8 Å². The van der Waals surface area contributed by atoms with Gasteiger partial charge in [-0.05, 0) is 36.9 Å². The van der Waals surface area contributed by atoms with Crippen LogP contribution in [0, 0.1) is 0 Å². The molecule has 4 nitrogen and oxygen atoms in total. The van der Waals surface area contributed by atoms with E-state index in [-0.39, 0.29) is 11.9 Å². The largest absolute Gasteiger partial charge is 0.387 e. The molecule has 3 rings (SSSR count). The van der Waals surface area contributed by atoms with Gasteiger partial charge in [0.2, 0.25) is 0 Å². The second kappa shape index (κ2) is 6.34. The summed E-state index contributed by atoms with van der Waals surface area (Å²) in [7, 11) is 0. The lowest BCUT2D eigenvalue weighted by Crippen LogP contribution is -2.33. The number of carbonyl (C=O) groups is 1. The molecule has 1 aromatic carbocycles. The van der Waals surface area contributed by atoms with Crippen molar-refractivity contribution in [3.05, 3.63) is 58.4 Å². The van der Waals surface area contributed by atoms with E-state index in [0.29, 0.717) is 12.1 Å². The van der Waals surface area contributed by atoms with Crippen molar-refractivity contribution in [3.63, 3.8) is 0 Å². The van der Waals surface area contributed by atoms with Gasteiger partial charge in [-0.25, -0.2) is 0 Å². The quantitative estimate of drug-likeness (QED) is 0.675. The number of nitrogens with one attached hydrogen (secondary N) is 2. The lowest BCUT2D eigenvalue weighted by molar-refractivity contribution is 0.0914. The minimum atomic E-state index is -0.544. The van der Waals surface area contributed by atoms with Gasteiger partial charge in [0, 0.05) is 21.8 Å². The van der Waals surface area contributed by atoms with E-state index >= 15 is 0 Å². The molecular weight excluding hydrogens is 296 g/mol. The van der Waals surface area contributed by atoms with E-state index in [2.05, 4.69) is 10.3 Å². The number of H-pyrrole nitrogens is 1. The van der Waals surface area contributed by atoms with Crippen molar-refractivity contribution in [2.75, 3.05) is 0 Å². The highest BCUT2D eigenvalue weighted by Crippen LogP contribution is 2.23. The summed E-state index contributed by atoms with van der Waals surface area (Å²) in [5, 5.41) is 16.0. The molecule has 0 saturated carbocycles. The molecule has 0 radical (unpaired) electrons. The number of carbonyl (C=O) groups excluding carboxylic acids is 1. The zero-order valence-electron chi connectivity index (χ0n) is 12.2. The van der Waals surface area contributed by atoms with Gasteiger partial charge in [-0.2, -0.15) is 0 Å². The van der Waals surface area contributed by atoms with Crippen LogP contribution in [0.15, 0.2) is 47.8 Å². The molecule has 0 aliphatic rings. The van der Waals surface area contributed by atoms with Crippen LogP contribution < -0.4 is 5.32 Å². The molecule has 0 aliphatic carbocycles. The van der Waals surface area contributed by atoms with Gasteiger partial charge in [0.15, 0.2) is 0 Å². The molecule has 3 aromatic rings. The van der Waals surface area contributed by atoms with Crippen LogP contribution in [0.3, 0.4) is 0 Å². The first-order valence-corrected chi connectivity index (χ1v) is 8.11. The molecule has 0 saturated heterocycles. The number of thiophene rings is 1. The highest BCUT2D eigenvalue weighted by atomic mass is 32.1. The van der Waals surface area contributed by atoms with Crippen LogP contribution in [-0.4, -0.2) is 22.0 Å². The summed E-state index contributed by atoms with van der Waals surface area (Å²) in [6.07, 6.45) is -0.0510. The molecule has 0 fully saturated rings. The van der Waals surface area contributed by atoms with Crippen LogP contribution >= 0.6 is 11.3 Å². The number of para-hydroxylation sites is 1. The smallest absolute Gasteiger partial charge is 0.267 e. The van der Waals surface area contributed by atoms with Crippen molar-refractivity contribution in [1.82, 2.24) is 10.3 Å². The maximum atomic E-state index is 12.3. The predicted molar refractivity (Wildman–Crippen MR) is 89.1 cm³/mol. The predicted octanol–water partition coefficient (Wildman–Crippen LogP) is 3.47. The van der Waals surface area contributed by atoms with E-state index < -0.39 is 6.10 Å². The van der Waals surface area contributed by atoms with Gasteiger partial charge >= 0.3 is 0 Å². The first-order valence-electron chi connectivity index (χ1n) is 7.23. The van der Waals surface area contributed by atoms with Gasteiger partial charge < -0.3 is 15.4 Å². The average Bonchev–Trinajstić information content (AvgIpc) is 3.16. The molecule has 114 valence electrons. The van der Waals surface area contributed by atoms with Crippen molar-refractivity contribution in [2.24, 2.45) is 0 Å². The summed E-state index contributed by atoms with van der Waals surface area (Å²) < 4.78 is 0. The zero-order chi connectivity index (χ0) is 15.5. The van der Waals surface area contributed by atoms with Gasteiger partial charge in [0.25, 0.3) is 5.91 Å². The number of aliphatic hydroxyl groups excluding tert-OH is 1. The number of fused-ring (bicyclic) bond motifs is 1. The summed E-state index contributed by atoms with van der Waals surface area (Å²) in [5.74, 6) is -0.151. The minimum absolute atomic E-state index is 0.115. The fourth-order valence-electron chi connectivity index (χ4n) is 2.49. The van der Waals surface area contributed by atoms with Crippen LogP contribution in [0.1, 0.15) is 34.8 Å². The molecule has 2 unspecified atom stereocenters. The van der Waals surface area contributed by atoms with Gasteiger partial charge in [0.05, 0.1) is 6.10 Å². The summed E-state index contributed by atoms with van der Waals surface area (Å²) >= 11 is 1.52. The van der Waals surface area contributed by atoms with Crippen molar-refractivity contribution < 1.29 is 9.90 Å². The maximum absolute atomic E-state index is 12.3. The van der Waals surface area contributed by atoms with E-state index in [1.54, 1.807) is 0 Å². The number of amides is 1. The standard InChI is InChI=1S/C17H18N2O2S/c1-11(9-15(20)16-7-4-8-22-16)18-17(21)14-10-12-5-2-3-6-13(12)19-14/h2-8,10-11,15,19-20H,9H2,1H3,(H,18,21). The topological polar surface area (TPSA) is 65.1 Å². The number of rotatable bonds is 5. The molecule has 2 heterocycles. The Kier molecular flexibility index (Phi) is 4.27. The van der Waals surface area contributed by atoms with Gasteiger partial charge in [0.1, 0.15) is 5.69 Å². The zero-order valence-corrected chi connectivity index (χ0v) is 13.1. The Morgan fingerprint density at radius 2 is 2.14 bits per heavy atom. The van der Waals surface area contributed by atoms with Crippen LogP contribution in [0.25, 0.3) is 10.9 Å². The van der Waals surface area contributed by atoms with E-state index in [4.69, 9.17) is 0 Å². The summed E-state index contributed by atoms with van der Waals surface area (Å²) in [6, 6.07) is 13.3. The molecule has 22 heavy (non-hydrogen) atoms. The number of hydrogen-bond acceptors (Lipinski definition) is 3. The van der Waals surface area contributed by atoms with Gasteiger partial charge in [-0.15, -0.1) is 11.3 Å². The normalized spacial score (nSPS) is 13.9. The molecule has 1 amide bonds.